The number of carbonyl (C=O) groups is 2. The number of nitrogens with two attached hydrogens (primary N) is 3. The highest BCUT2D eigenvalue weighted by atomic mass is 16.5. The number of rotatable bonds is 12. The third-order valence-electron chi connectivity index (χ3n) is 5.01. The zero-order chi connectivity index (χ0) is 23.8. The Labute approximate surface area is 185 Å². The quantitative estimate of drug-likeness (QED) is 0.145. The molecule has 0 fully saturated rings. The summed E-state index contributed by atoms with van der Waals surface area (Å²) in [6.07, 6.45) is 2.03. The van der Waals surface area contributed by atoms with Crippen molar-refractivity contribution in [2.75, 3.05) is 19.0 Å². The molecule has 0 spiro atoms. The smallest absolute Gasteiger partial charge is 0.241 e. The van der Waals surface area contributed by atoms with E-state index in [-0.39, 0.29) is 23.2 Å². The number of guanidine groups is 1. The molecule has 9 nitrogen and oxygen atoms in total. The van der Waals surface area contributed by atoms with Crippen LogP contribution < -0.4 is 32.6 Å². The molecule has 1 aromatic rings. The lowest BCUT2D eigenvalue weighted by atomic mass is 9.93. The summed E-state index contributed by atoms with van der Waals surface area (Å²) in [6, 6.07) is 4.47. The number of methoxy groups -OCH3 is 1. The third-order valence-corrected chi connectivity index (χ3v) is 5.01. The van der Waals surface area contributed by atoms with Crippen LogP contribution in [-0.2, 0) is 4.79 Å². The van der Waals surface area contributed by atoms with Crippen molar-refractivity contribution >= 4 is 23.3 Å². The average Bonchev–Trinajstić information content (AvgIpc) is 2.68. The van der Waals surface area contributed by atoms with Crippen molar-refractivity contribution < 1.29 is 14.3 Å². The van der Waals surface area contributed by atoms with Gasteiger partial charge in [0.25, 0.3) is 0 Å². The fourth-order valence-electron chi connectivity index (χ4n) is 2.89. The van der Waals surface area contributed by atoms with E-state index < -0.39 is 11.6 Å². The van der Waals surface area contributed by atoms with Crippen molar-refractivity contribution in [3.05, 3.63) is 23.8 Å². The summed E-state index contributed by atoms with van der Waals surface area (Å²) in [5.41, 5.74) is 16.2. The van der Waals surface area contributed by atoms with E-state index in [0.717, 1.165) is 6.42 Å². The largest absolute Gasteiger partial charge is 0.496 e. The van der Waals surface area contributed by atoms with Crippen LogP contribution in [0.15, 0.2) is 23.2 Å². The number of nitrogens with zero attached hydrogens (tertiary/aromatic N) is 1. The lowest BCUT2D eigenvalue weighted by Gasteiger charge is -2.30. The number of amides is 1. The first kappa shape index (κ1) is 26.4. The fraction of sp³-hybridized carbons (Fsp3) is 0.591. The van der Waals surface area contributed by atoms with Gasteiger partial charge in [-0.3, -0.25) is 14.6 Å². The molecule has 0 aromatic heterocycles. The van der Waals surface area contributed by atoms with Gasteiger partial charge in [0.05, 0.1) is 24.3 Å². The molecule has 0 aliphatic heterocycles. The fourth-order valence-corrected chi connectivity index (χ4v) is 2.89. The molecule has 1 rings (SSSR count). The van der Waals surface area contributed by atoms with Gasteiger partial charge in [0.2, 0.25) is 5.91 Å². The SMILES string of the molecule is CCC(C)(C)NC(CCCN=C(N)N)C(=O)Nc1ccc(OC)c(C(=O)C(C)(C)N)c1. The molecule has 1 amide bonds. The van der Waals surface area contributed by atoms with Gasteiger partial charge in [-0.25, -0.2) is 0 Å². The molecule has 0 aliphatic carbocycles. The predicted molar refractivity (Wildman–Crippen MR) is 125 cm³/mol. The Balaban J connectivity index is 3.07. The van der Waals surface area contributed by atoms with Gasteiger partial charge < -0.3 is 32.6 Å². The summed E-state index contributed by atoms with van der Waals surface area (Å²) < 4.78 is 5.30. The zero-order valence-electron chi connectivity index (χ0n) is 19.5. The van der Waals surface area contributed by atoms with Crippen molar-refractivity contribution in [3.8, 4) is 5.75 Å². The number of benzene rings is 1. The van der Waals surface area contributed by atoms with Crippen molar-refractivity contribution in [2.24, 2.45) is 22.2 Å². The van der Waals surface area contributed by atoms with E-state index >= 15 is 0 Å². The van der Waals surface area contributed by atoms with E-state index in [2.05, 4.69) is 22.5 Å². The van der Waals surface area contributed by atoms with Crippen LogP contribution in [0, 0.1) is 0 Å². The van der Waals surface area contributed by atoms with Crippen molar-refractivity contribution in [2.45, 2.75) is 71.0 Å². The molecule has 1 unspecified atom stereocenters. The van der Waals surface area contributed by atoms with Gasteiger partial charge in [0.15, 0.2) is 11.7 Å². The molecule has 8 N–H and O–H groups in total. The van der Waals surface area contributed by atoms with Gasteiger partial charge in [-0.1, -0.05) is 6.92 Å². The van der Waals surface area contributed by atoms with Crippen molar-refractivity contribution in [3.63, 3.8) is 0 Å². The summed E-state index contributed by atoms with van der Waals surface area (Å²) in [5, 5.41) is 6.30. The number of hydrogen-bond donors (Lipinski definition) is 5. The van der Waals surface area contributed by atoms with Crippen LogP contribution in [-0.4, -0.2) is 48.4 Å². The van der Waals surface area contributed by atoms with Crippen LogP contribution in [0.3, 0.4) is 0 Å². The van der Waals surface area contributed by atoms with Crippen LogP contribution >= 0.6 is 0 Å². The molecule has 31 heavy (non-hydrogen) atoms. The summed E-state index contributed by atoms with van der Waals surface area (Å²) in [5.74, 6) is -0.0528. The molecule has 1 atom stereocenters. The number of nitrogens with one attached hydrogen (secondary N) is 2. The number of ether oxygens (including phenoxy) is 1. The number of anilines is 1. The highest BCUT2D eigenvalue weighted by molar-refractivity contribution is 6.06. The molecule has 0 aliphatic rings. The summed E-state index contributed by atoms with van der Waals surface area (Å²) in [4.78, 5) is 29.8. The molecule has 0 radical (unpaired) electrons. The van der Waals surface area contributed by atoms with E-state index in [1.807, 2.05) is 13.8 Å². The molecular formula is C22H38N6O3. The molecule has 9 heteroatoms. The second-order valence-corrected chi connectivity index (χ2v) is 8.84. The van der Waals surface area contributed by atoms with Crippen LogP contribution in [0.1, 0.15) is 64.2 Å². The van der Waals surface area contributed by atoms with Crippen LogP contribution in [0.4, 0.5) is 5.69 Å². The minimum Gasteiger partial charge on any atom is -0.496 e. The first-order valence-corrected chi connectivity index (χ1v) is 10.5. The predicted octanol–water partition coefficient (Wildman–Crippen LogP) is 1.75. The Morgan fingerprint density at radius 1 is 1.19 bits per heavy atom. The van der Waals surface area contributed by atoms with Crippen LogP contribution in [0.25, 0.3) is 0 Å². The molecule has 0 heterocycles. The number of ketones is 1. The van der Waals surface area contributed by atoms with E-state index in [0.29, 0.717) is 36.4 Å². The topological polar surface area (TPSA) is 158 Å². The average molecular weight is 435 g/mol. The second kappa shape index (κ2) is 11.1. The van der Waals surface area contributed by atoms with Crippen LogP contribution in [0.5, 0.6) is 5.75 Å². The standard InChI is InChI=1S/C22H38N6O3/c1-7-21(2,3)28-16(9-8-12-26-20(23)24)19(30)27-14-10-11-17(31-6)15(13-14)18(29)22(4,5)25/h10-11,13,16,28H,7-9,12,25H2,1-6H3,(H,27,30)(H4,23,24,26). The number of hydrogen-bond acceptors (Lipinski definition) is 6. The maximum Gasteiger partial charge on any atom is 0.241 e. The molecule has 0 saturated heterocycles. The summed E-state index contributed by atoms with van der Waals surface area (Å²) >= 11 is 0. The number of Topliss-reactive ketones (excluding diaryl/α,β-unsaturated/α-hetero) is 1. The van der Waals surface area contributed by atoms with Gasteiger partial charge in [0, 0.05) is 17.8 Å². The van der Waals surface area contributed by atoms with Crippen molar-refractivity contribution in [1.29, 1.82) is 0 Å². The molecule has 1 aromatic carbocycles. The number of carbonyl (C=O) groups excluding carboxylic acids is 2. The minimum absolute atomic E-state index is 0.0288. The molecular weight excluding hydrogens is 396 g/mol. The second-order valence-electron chi connectivity index (χ2n) is 8.84. The van der Waals surface area contributed by atoms with Gasteiger partial charge in [0.1, 0.15) is 5.75 Å². The first-order chi connectivity index (χ1) is 14.3. The molecule has 0 bridgehead atoms. The molecule has 174 valence electrons. The lowest BCUT2D eigenvalue weighted by Crippen LogP contribution is -2.51. The normalized spacial score (nSPS) is 12.7. The van der Waals surface area contributed by atoms with Gasteiger partial charge >= 0.3 is 0 Å². The monoisotopic (exact) mass is 434 g/mol. The Morgan fingerprint density at radius 2 is 1.84 bits per heavy atom. The van der Waals surface area contributed by atoms with Gasteiger partial charge in [-0.05, 0) is 65.2 Å². The van der Waals surface area contributed by atoms with E-state index in [1.165, 1.54) is 7.11 Å². The van der Waals surface area contributed by atoms with Crippen molar-refractivity contribution in [1.82, 2.24) is 5.32 Å². The van der Waals surface area contributed by atoms with E-state index in [9.17, 15) is 9.59 Å². The maximum atomic E-state index is 13.1. The summed E-state index contributed by atoms with van der Waals surface area (Å²) in [6.45, 7) is 9.82. The summed E-state index contributed by atoms with van der Waals surface area (Å²) in [7, 11) is 1.48. The Hall–Kier alpha value is -2.65. The molecule has 0 saturated carbocycles. The Morgan fingerprint density at radius 3 is 2.35 bits per heavy atom. The van der Waals surface area contributed by atoms with Gasteiger partial charge in [-0.2, -0.15) is 0 Å². The van der Waals surface area contributed by atoms with Crippen LogP contribution in [0.2, 0.25) is 0 Å². The first-order valence-electron chi connectivity index (χ1n) is 10.5. The zero-order valence-corrected chi connectivity index (χ0v) is 19.5. The highest BCUT2D eigenvalue weighted by Crippen LogP contribution is 2.26. The van der Waals surface area contributed by atoms with E-state index in [4.69, 9.17) is 21.9 Å². The van der Waals surface area contributed by atoms with Gasteiger partial charge in [-0.15, -0.1) is 0 Å². The number of aliphatic imine (C=N–C) groups is 1. The lowest BCUT2D eigenvalue weighted by molar-refractivity contribution is -0.118. The minimum atomic E-state index is -1.07. The Bertz CT molecular complexity index is 795. The maximum absolute atomic E-state index is 13.1. The third kappa shape index (κ3) is 8.55. The van der Waals surface area contributed by atoms with E-state index in [1.54, 1.807) is 32.0 Å². The Kier molecular flexibility index (Phi) is 9.45. The highest BCUT2D eigenvalue weighted by Gasteiger charge is 2.28.